The third-order valence-corrected chi connectivity index (χ3v) is 5.70. The fourth-order valence-corrected chi connectivity index (χ4v) is 4.41. The normalized spacial score (nSPS) is 27.5. The van der Waals surface area contributed by atoms with Crippen LogP contribution in [0.15, 0.2) is 48.5 Å². The Kier molecular flexibility index (Phi) is 5.64. The third-order valence-electron chi connectivity index (χ3n) is 5.70. The van der Waals surface area contributed by atoms with Crippen molar-refractivity contribution in [2.24, 2.45) is 0 Å². The van der Waals surface area contributed by atoms with Crippen LogP contribution in [0.25, 0.3) is 0 Å². The van der Waals surface area contributed by atoms with E-state index in [1.165, 1.54) is 18.7 Å². The van der Waals surface area contributed by atoms with Crippen molar-refractivity contribution in [3.8, 4) is 5.75 Å². The van der Waals surface area contributed by atoms with E-state index in [-0.39, 0.29) is 18.9 Å². The smallest absolute Gasteiger partial charge is 0.188 e. The Balaban J connectivity index is 1.54. The van der Waals surface area contributed by atoms with Crippen molar-refractivity contribution in [2.45, 2.75) is 37.1 Å². The lowest BCUT2D eigenvalue weighted by atomic mass is 9.76. The number of methoxy groups -OCH3 is 1. The fourth-order valence-electron chi connectivity index (χ4n) is 4.41. The summed E-state index contributed by atoms with van der Waals surface area (Å²) >= 11 is 0. The fraction of sp³-hybridized carbons (Fsp3) is 0.455. The van der Waals surface area contributed by atoms with Gasteiger partial charge in [-0.15, -0.1) is 0 Å². The molecule has 2 unspecified atom stereocenters. The molecule has 1 N–H and O–H groups in total. The molecule has 2 fully saturated rings. The molecule has 0 aliphatic carbocycles. The Morgan fingerprint density at radius 2 is 1.86 bits per heavy atom. The zero-order valence-electron chi connectivity index (χ0n) is 16.0. The summed E-state index contributed by atoms with van der Waals surface area (Å²) in [5.41, 5.74) is 0.347. The molecule has 0 amide bonds. The van der Waals surface area contributed by atoms with E-state index in [1.54, 1.807) is 12.1 Å². The summed E-state index contributed by atoms with van der Waals surface area (Å²) in [6.45, 7) is 1.95. The molecule has 2 aliphatic heterocycles. The Labute approximate surface area is 164 Å². The highest BCUT2D eigenvalue weighted by Crippen LogP contribution is 2.42. The van der Waals surface area contributed by atoms with Crippen LogP contribution in [0.3, 0.4) is 0 Å². The first-order valence-corrected chi connectivity index (χ1v) is 9.60. The number of benzene rings is 2. The molecule has 4 rings (SSSR count). The molecular weight excluding hydrogens is 361 g/mol. The Hall–Kier alpha value is -1.99. The highest BCUT2D eigenvalue weighted by Gasteiger charge is 2.47. The predicted octanol–water partition coefficient (Wildman–Crippen LogP) is 3.06. The molecule has 0 saturated carbocycles. The molecule has 150 valence electrons. The van der Waals surface area contributed by atoms with Gasteiger partial charge < -0.3 is 19.3 Å². The number of halogens is 1. The number of hydrogen-bond acceptors (Lipinski definition) is 5. The third kappa shape index (κ3) is 3.91. The van der Waals surface area contributed by atoms with Crippen molar-refractivity contribution in [1.29, 1.82) is 0 Å². The van der Waals surface area contributed by atoms with Crippen molar-refractivity contribution in [3.05, 3.63) is 65.5 Å². The summed E-state index contributed by atoms with van der Waals surface area (Å²) in [7, 11) is 1.51. The van der Waals surface area contributed by atoms with Crippen LogP contribution in [-0.4, -0.2) is 49.2 Å². The predicted molar refractivity (Wildman–Crippen MR) is 102 cm³/mol. The van der Waals surface area contributed by atoms with E-state index in [2.05, 4.69) is 17.0 Å². The van der Waals surface area contributed by atoms with E-state index in [4.69, 9.17) is 14.2 Å². The number of rotatable bonds is 6. The Bertz CT molecular complexity index is 786. The van der Waals surface area contributed by atoms with Crippen molar-refractivity contribution >= 4 is 0 Å². The van der Waals surface area contributed by atoms with Gasteiger partial charge in [-0.3, -0.25) is 4.90 Å². The summed E-state index contributed by atoms with van der Waals surface area (Å²) in [6.07, 6.45) is 0.872. The summed E-state index contributed by atoms with van der Waals surface area (Å²) < 4.78 is 30.7. The topological polar surface area (TPSA) is 51.2 Å². The molecule has 5 nitrogen and oxygen atoms in total. The van der Waals surface area contributed by atoms with Crippen LogP contribution >= 0.6 is 0 Å². The molecule has 2 aromatic rings. The number of morpholine rings is 1. The van der Waals surface area contributed by atoms with Gasteiger partial charge >= 0.3 is 0 Å². The largest absolute Gasteiger partial charge is 0.467 e. The molecule has 6 heteroatoms. The first kappa shape index (κ1) is 19.3. The van der Waals surface area contributed by atoms with Gasteiger partial charge in [-0.2, -0.15) is 0 Å². The Morgan fingerprint density at radius 1 is 1.14 bits per heavy atom. The zero-order chi connectivity index (χ0) is 19.6. The van der Waals surface area contributed by atoms with Crippen LogP contribution in [-0.2, 0) is 21.6 Å². The van der Waals surface area contributed by atoms with E-state index in [0.29, 0.717) is 37.4 Å². The molecule has 0 spiro atoms. The van der Waals surface area contributed by atoms with Crippen LogP contribution in [0.2, 0.25) is 0 Å². The molecule has 2 aromatic carbocycles. The minimum Gasteiger partial charge on any atom is -0.467 e. The Morgan fingerprint density at radius 3 is 2.50 bits per heavy atom. The van der Waals surface area contributed by atoms with Gasteiger partial charge in [0, 0.05) is 37.4 Å². The number of ether oxygens (including phenoxy) is 3. The van der Waals surface area contributed by atoms with Gasteiger partial charge in [0.25, 0.3) is 0 Å². The van der Waals surface area contributed by atoms with E-state index in [9.17, 15) is 9.50 Å². The number of fused-ring (bicyclic) bond motifs is 2. The van der Waals surface area contributed by atoms with Gasteiger partial charge in [-0.05, 0) is 30.5 Å². The van der Waals surface area contributed by atoms with Crippen LogP contribution in [0.1, 0.15) is 24.0 Å². The lowest BCUT2D eigenvalue weighted by Crippen LogP contribution is -2.60. The van der Waals surface area contributed by atoms with Crippen LogP contribution < -0.4 is 4.74 Å². The maximum atomic E-state index is 14.8. The van der Waals surface area contributed by atoms with Gasteiger partial charge in [0.2, 0.25) is 0 Å². The van der Waals surface area contributed by atoms with Crippen molar-refractivity contribution in [3.63, 3.8) is 0 Å². The second kappa shape index (κ2) is 8.17. The monoisotopic (exact) mass is 387 g/mol. The second-order valence-corrected chi connectivity index (χ2v) is 7.64. The maximum absolute atomic E-state index is 14.8. The average molecular weight is 387 g/mol. The first-order valence-electron chi connectivity index (χ1n) is 9.60. The highest BCUT2D eigenvalue weighted by atomic mass is 19.1. The minimum absolute atomic E-state index is 0.0431. The van der Waals surface area contributed by atoms with Crippen LogP contribution in [0, 0.1) is 5.82 Å². The molecule has 2 saturated heterocycles. The number of nitrogens with zero attached hydrogens (tertiary/aromatic N) is 1. The van der Waals surface area contributed by atoms with Gasteiger partial charge in [0.15, 0.2) is 6.79 Å². The van der Waals surface area contributed by atoms with Crippen molar-refractivity contribution < 1.29 is 23.7 Å². The van der Waals surface area contributed by atoms with Crippen molar-refractivity contribution in [1.82, 2.24) is 4.90 Å². The van der Waals surface area contributed by atoms with Crippen LogP contribution in [0.4, 0.5) is 4.39 Å². The van der Waals surface area contributed by atoms with Crippen molar-refractivity contribution in [2.75, 3.05) is 27.1 Å². The molecular formula is C22H26FNO4. The molecule has 2 atom stereocenters. The molecule has 2 aliphatic rings. The summed E-state index contributed by atoms with van der Waals surface area (Å²) in [4.78, 5) is 2.39. The quantitative estimate of drug-likeness (QED) is 0.772. The van der Waals surface area contributed by atoms with Gasteiger partial charge in [0.05, 0.1) is 18.8 Å². The zero-order valence-corrected chi connectivity index (χ0v) is 16.0. The lowest BCUT2D eigenvalue weighted by Gasteiger charge is -2.52. The molecule has 2 bridgehead atoms. The highest BCUT2D eigenvalue weighted by molar-refractivity contribution is 5.33. The van der Waals surface area contributed by atoms with E-state index in [1.807, 2.05) is 18.2 Å². The van der Waals surface area contributed by atoms with Gasteiger partial charge in [-0.1, -0.05) is 30.3 Å². The second-order valence-electron chi connectivity index (χ2n) is 7.64. The summed E-state index contributed by atoms with van der Waals surface area (Å²) in [5.74, 6) is -0.0663. The molecule has 2 heterocycles. The lowest BCUT2D eigenvalue weighted by molar-refractivity contribution is -0.150. The summed E-state index contributed by atoms with van der Waals surface area (Å²) in [6, 6.07) is 15.0. The van der Waals surface area contributed by atoms with Gasteiger partial charge in [-0.25, -0.2) is 4.39 Å². The minimum atomic E-state index is -1.21. The number of aliphatic hydroxyl groups is 1. The standard InChI is InChI=1S/C22H26FNO4/c1-26-15-28-19-7-8-20(21(23)9-19)22(25)10-17-13-27-14-18(11-22)24(17)12-16-5-3-2-4-6-16/h2-9,17-18,25H,10-15H2,1H3. The average Bonchev–Trinajstić information content (AvgIpc) is 2.68. The summed E-state index contributed by atoms with van der Waals surface area (Å²) in [5, 5.41) is 11.4. The van der Waals surface area contributed by atoms with Gasteiger partial charge in [0.1, 0.15) is 11.6 Å². The maximum Gasteiger partial charge on any atom is 0.188 e. The molecule has 0 radical (unpaired) electrons. The molecule has 28 heavy (non-hydrogen) atoms. The SMILES string of the molecule is COCOc1ccc(C2(O)CC3COCC(C2)N3Cc2ccccc2)c(F)c1. The van der Waals surface area contributed by atoms with E-state index >= 15 is 0 Å². The number of piperidine rings is 1. The van der Waals surface area contributed by atoms with E-state index in [0.717, 1.165) is 6.54 Å². The molecule has 0 aromatic heterocycles. The first-order chi connectivity index (χ1) is 13.6. The van der Waals surface area contributed by atoms with Crippen LogP contribution in [0.5, 0.6) is 5.75 Å². The number of hydrogen-bond donors (Lipinski definition) is 1. The van der Waals surface area contributed by atoms with E-state index < -0.39 is 11.4 Å².